The number of halogens is 1. The molecule has 0 heterocycles. The topological polar surface area (TPSA) is 92.8 Å². The van der Waals surface area contributed by atoms with E-state index in [-0.39, 0.29) is 40.5 Å². The summed E-state index contributed by atoms with van der Waals surface area (Å²) in [4.78, 5) is 24.3. The number of amides is 1. The van der Waals surface area contributed by atoms with Gasteiger partial charge in [0.25, 0.3) is 5.91 Å². The summed E-state index contributed by atoms with van der Waals surface area (Å²) in [6.45, 7) is 5.69. The predicted molar refractivity (Wildman–Crippen MR) is 111 cm³/mol. The van der Waals surface area contributed by atoms with E-state index in [1.165, 1.54) is 22.5 Å². The Morgan fingerprint density at radius 2 is 1.86 bits per heavy atom. The minimum atomic E-state index is -3.83. The molecule has 162 valence electrons. The highest BCUT2D eigenvalue weighted by Gasteiger charge is 2.26. The lowest BCUT2D eigenvalue weighted by atomic mass is 9.86. The van der Waals surface area contributed by atoms with Gasteiger partial charge in [0.2, 0.25) is 10.0 Å². The summed E-state index contributed by atoms with van der Waals surface area (Å²) < 4.78 is 31.8. The van der Waals surface area contributed by atoms with Crippen LogP contribution >= 0.6 is 11.6 Å². The maximum absolute atomic E-state index is 12.7. The molecule has 0 aromatic heterocycles. The van der Waals surface area contributed by atoms with Crippen molar-refractivity contribution >= 4 is 33.5 Å². The van der Waals surface area contributed by atoms with Crippen molar-refractivity contribution in [2.45, 2.75) is 57.4 Å². The predicted octanol–water partition coefficient (Wildman–Crippen LogP) is 3.22. The summed E-state index contributed by atoms with van der Waals surface area (Å²) >= 11 is 6.07. The standard InChI is InChI=1S/C20H29ClN2O5S/c1-4-23(5-2)29(26,27)18-12-15(10-11-16(18)21)20(25)28-13-19(24)22-17-9-7-6-8-14(17)3/h10-12,14,17H,4-9,13H2,1-3H3,(H,22,24)/t14-,17-/m0/s1. The third-order valence-corrected chi connectivity index (χ3v) is 7.81. The van der Waals surface area contributed by atoms with Crippen LogP contribution in [0.2, 0.25) is 5.02 Å². The Hall–Kier alpha value is -1.64. The van der Waals surface area contributed by atoms with Crippen LogP contribution in [-0.4, -0.2) is 50.3 Å². The Morgan fingerprint density at radius 3 is 2.48 bits per heavy atom. The lowest BCUT2D eigenvalue weighted by molar-refractivity contribution is -0.125. The summed E-state index contributed by atoms with van der Waals surface area (Å²) in [5.74, 6) is -0.737. The summed E-state index contributed by atoms with van der Waals surface area (Å²) in [6.07, 6.45) is 4.23. The molecule has 0 unspecified atom stereocenters. The molecule has 1 aliphatic carbocycles. The summed E-state index contributed by atoms with van der Waals surface area (Å²) in [5, 5.41) is 2.94. The number of esters is 1. The minimum absolute atomic E-state index is 0.0254. The van der Waals surface area contributed by atoms with Crippen LogP contribution in [0.4, 0.5) is 0 Å². The first kappa shape index (κ1) is 23.6. The maximum atomic E-state index is 12.7. The maximum Gasteiger partial charge on any atom is 0.338 e. The third-order valence-electron chi connectivity index (χ3n) is 5.28. The number of sulfonamides is 1. The van der Waals surface area contributed by atoms with E-state index in [4.69, 9.17) is 16.3 Å². The lowest BCUT2D eigenvalue weighted by Gasteiger charge is -2.29. The van der Waals surface area contributed by atoms with E-state index in [1.807, 2.05) is 0 Å². The van der Waals surface area contributed by atoms with E-state index in [2.05, 4.69) is 12.2 Å². The van der Waals surface area contributed by atoms with Gasteiger partial charge < -0.3 is 10.1 Å². The number of benzene rings is 1. The van der Waals surface area contributed by atoms with E-state index in [0.29, 0.717) is 5.92 Å². The Balaban J connectivity index is 2.05. The number of hydrogen-bond acceptors (Lipinski definition) is 5. The van der Waals surface area contributed by atoms with Crippen molar-refractivity contribution in [3.63, 3.8) is 0 Å². The fraction of sp³-hybridized carbons (Fsp3) is 0.600. The zero-order chi connectivity index (χ0) is 21.6. The van der Waals surface area contributed by atoms with Crippen LogP contribution in [0.25, 0.3) is 0 Å². The van der Waals surface area contributed by atoms with Crippen molar-refractivity contribution in [2.75, 3.05) is 19.7 Å². The molecule has 0 spiro atoms. The quantitative estimate of drug-likeness (QED) is 0.621. The Bertz CT molecular complexity index is 839. The molecule has 7 nitrogen and oxygen atoms in total. The van der Waals surface area contributed by atoms with Gasteiger partial charge in [-0.1, -0.05) is 45.2 Å². The van der Waals surface area contributed by atoms with Crippen molar-refractivity contribution in [3.8, 4) is 0 Å². The van der Waals surface area contributed by atoms with Crippen LogP contribution in [-0.2, 0) is 19.6 Å². The molecule has 29 heavy (non-hydrogen) atoms. The molecule has 9 heteroatoms. The van der Waals surface area contributed by atoms with Gasteiger partial charge in [-0.15, -0.1) is 0 Å². The van der Waals surface area contributed by atoms with Gasteiger partial charge in [-0.3, -0.25) is 4.79 Å². The number of carbonyl (C=O) groups excluding carboxylic acids is 2. The van der Waals surface area contributed by atoms with E-state index >= 15 is 0 Å². The average Bonchev–Trinajstić information content (AvgIpc) is 2.69. The largest absolute Gasteiger partial charge is 0.452 e. The van der Waals surface area contributed by atoms with E-state index in [0.717, 1.165) is 25.7 Å². The monoisotopic (exact) mass is 444 g/mol. The zero-order valence-electron chi connectivity index (χ0n) is 17.1. The summed E-state index contributed by atoms with van der Waals surface area (Å²) in [7, 11) is -3.83. The summed E-state index contributed by atoms with van der Waals surface area (Å²) in [6, 6.07) is 4.02. The SMILES string of the molecule is CCN(CC)S(=O)(=O)c1cc(C(=O)OCC(=O)N[C@H]2CCCC[C@@H]2C)ccc1Cl. The van der Waals surface area contributed by atoms with Gasteiger partial charge in [0.05, 0.1) is 10.6 Å². The molecule has 1 saturated carbocycles. The number of ether oxygens (including phenoxy) is 1. The molecule has 0 bridgehead atoms. The van der Waals surface area contributed by atoms with E-state index in [9.17, 15) is 18.0 Å². The number of nitrogens with one attached hydrogen (secondary N) is 1. The van der Waals surface area contributed by atoms with E-state index < -0.39 is 22.6 Å². The van der Waals surface area contributed by atoms with Crippen molar-refractivity contribution in [1.82, 2.24) is 9.62 Å². The molecule has 2 atom stereocenters. The molecule has 0 saturated heterocycles. The van der Waals surface area contributed by atoms with Gasteiger partial charge in [-0.2, -0.15) is 4.31 Å². The molecular formula is C20H29ClN2O5S. The fourth-order valence-corrected chi connectivity index (χ4v) is 5.48. The van der Waals surface area contributed by atoms with Crippen molar-refractivity contribution in [3.05, 3.63) is 28.8 Å². The normalized spacial score (nSPS) is 19.8. The Morgan fingerprint density at radius 1 is 1.21 bits per heavy atom. The summed E-state index contributed by atoms with van der Waals surface area (Å²) in [5.41, 5.74) is 0.0268. The Labute approximate surface area is 177 Å². The van der Waals surface area contributed by atoms with Crippen LogP contribution in [0.5, 0.6) is 0 Å². The first-order valence-electron chi connectivity index (χ1n) is 9.96. The van der Waals surface area contributed by atoms with Gasteiger partial charge >= 0.3 is 5.97 Å². The highest BCUT2D eigenvalue weighted by Crippen LogP contribution is 2.26. The van der Waals surface area contributed by atoms with Crippen molar-refractivity contribution in [1.29, 1.82) is 0 Å². The van der Waals surface area contributed by atoms with Gasteiger partial charge in [0.1, 0.15) is 4.90 Å². The second-order valence-corrected chi connectivity index (χ2v) is 9.56. The molecule has 1 N–H and O–H groups in total. The first-order valence-corrected chi connectivity index (χ1v) is 11.8. The van der Waals surface area contributed by atoms with Crippen molar-refractivity contribution < 1.29 is 22.7 Å². The second-order valence-electron chi connectivity index (χ2n) is 7.25. The van der Waals surface area contributed by atoms with Gasteiger partial charge in [-0.05, 0) is 37.0 Å². The number of hydrogen-bond donors (Lipinski definition) is 1. The minimum Gasteiger partial charge on any atom is -0.452 e. The van der Waals surface area contributed by atoms with Crippen LogP contribution in [0, 0.1) is 5.92 Å². The molecule has 0 aliphatic heterocycles. The molecule has 1 aromatic carbocycles. The third kappa shape index (κ3) is 5.93. The van der Waals surface area contributed by atoms with Crippen LogP contribution in [0.1, 0.15) is 56.8 Å². The van der Waals surface area contributed by atoms with Crippen molar-refractivity contribution in [2.24, 2.45) is 5.92 Å². The van der Waals surface area contributed by atoms with Gasteiger partial charge in [-0.25, -0.2) is 13.2 Å². The highest BCUT2D eigenvalue weighted by atomic mass is 35.5. The number of rotatable bonds is 8. The molecule has 2 rings (SSSR count). The van der Waals surface area contributed by atoms with Gasteiger partial charge in [0, 0.05) is 19.1 Å². The molecule has 1 amide bonds. The van der Waals surface area contributed by atoms with Gasteiger partial charge in [0.15, 0.2) is 6.61 Å². The highest BCUT2D eigenvalue weighted by molar-refractivity contribution is 7.89. The molecule has 1 fully saturated rings. The average molecular weight is 445 g/mol. The zero-order valence-corrected chi connectivity index (χ0v) is 18.7. The number of nitrogens with zero attached hydrogens (tertiary/aromatic N) is 1. The second kappa shape index (κ2) is 10.4. The lowest BCUT2D eigenvalue weighted by Crippen LogP contribution is -2.42. The number of carbonyl (C=O) groups is 2. The van der Waals surface area contributed by atoms with Crippen LogP contribution in [0.3, 0.4) is 0 Å². The molecule has 1 aliphatic rings. The van der Waals surface area contributed by atoms with E-state index in [1.54, 1.807) is 13.8 Å². The Kier molecular flexibility index (Phi) is 8.48. The molecular weight excluding hydrogens is 416 g/mol. The first-order chi connectivity index (χ1) is 13.7. The van der Waals surface area contributed by atoms with Crippen LogP contribution < -0.4 is 5.32 Å². The fourth-order valence-electron chi connectivity index (χ4n) is 3.52. The van der Waals surface area contributed by atoms with Crippen LogP contribution in [0.15, 0.2) is 23.1 Å². The smallest absolute Gasteiger partial charge is 0.338 e. The molecule has 0 radical (unpaired) electrons. The molecule has 1 aromatic rings.